The van der Waals surface area contributed by atoms with Crippen molar-refractivity contribution in [1.82, 2.24) is 0 Å². The average molecular weight is 333 g/mol. The summed E-state index contributed by atoms with van der Waals surface area (Å²) in [5.74, 6) is 1.20. The van der Waals surface area contributed by atoms with E-state index in [1.807, 2.05) is 44.3 Å². The molecular weight excluding hydrogens is 300 g/mol. The van der Waals surface area contributed by atoms with Crippen LogP contribution in [-0.4, -0.2) is 49.2 Å². The molecule has 0 bridgehead atoms. The van der Waals surface area contributed by atoms with Crippen molar-refractivity contribution in [1.29, 1.82) is 0 Å². The van der Waals surface area contributed by atoms with Gasteiger partial charge in [0.1, 0.15) is 5.75 Å². The molecule has 1 saturated heterocycles. The maximum absolute atomic E-state index is 10.9. The topological polar surface area (TPSA) is 46.3 Å². The second-order valence-electron chi connectivity index (χ2n) is 7.68. The molecular formula is C20H33N2O2+. The van der Waals surface area contributed by atoms with Crippen LogP contribution < -0.4 is 9.64 Å². The number of piperidine rings is 1. The molecule has 1 aromatic rings. The van der Waals surface area contributed by atoms with Crippen molar-refractivity contribution in [3.05, 3.63) is 29.8 Å². The molecule has 4 heteroatoms. The summed E-state index contributed by atoms with van der Waals surface area (Å²) < 4.78 is 5.64. The van der Waals surface area contributed by atoms with Crippen molar-refractivity contribution in [2.45, 2.75) is 58.3 Å². The molecule has 4 atom stereocenters. The fraction of sp³-hybridized carbons (Fsp3) is 0.650. The zero-order valence-electron chi connectivity index (χ0n) is 15.7. The normalized spacial score (nSPS) is 30.9. The number of likely N-dealkylation sites (tertiary alicyclic amines) is 1. The first-order chi connectivity index (χ1) is 11.3. The van der Waals surface area contributed by atoms with E-state index < -0.39 is 5.60 Å². The first-order valence-electron chi connectivity index (χ1n) is 9.11. The number of aliphatic imine (C=N–C) groups is 1. The molecule has 2 N–H and O–H groups in total. The SMILES string of the molecule is CC(C)Oc1ccc(C=NCC[C@@]2(O)C[C@H](C)[NH+](C)C[C@H]2C)cc1. The summed E-state index contributed by atoms with van der Waals surface area (Å²) in [5.41, 5.74) is 0.484. The molecule has 1 unspecified atom stereocenters. The van der Waals surface area contributed by atoms with Crippen molar-refractivity contribution in [2.75, 3.05) is 20.1 Å². The number of ether oxygens (including phenoxy) is 1. The summed E-state index contributed by atoms with van der Waals surface area (Å²) >= 11 is 0. The Labute approximate surface area is 146 Å². The Morgan fingerprint density at radius 1 is 1.33 bits per heavy atom. The van der Waals surface area contributed by atoms with Crippen LogP contribution in [0.5, 0.6) is 5.75 Å². The number of nitrogens with one attached hydrogen (secondary N) is 1. The van der Waals surface area contributed by atoms with Gasteiger partial charge in [-0.25, -0.2) is 0 Å². The van der Waals surface area contributed by atoms with Gasteiger partial charge in [0.05, 0.1) is 31.3 Å². The molecule has 0 amide bonds. The number of quaternary nitrogens is 1. The van der Waals surface area contributed by atoms with Crippen molar-refractivity contribution >= 4 is 6.21 Å². The van der Waals surface area contributed by atoms with Gasteiger partial charge >= 0.3 is 0 Å². The highest BCUT2D eigenvalue weighted by atomic mass is 16.5. The molecule has 0 aromatic heterocycles. The highest BCUT2D eigenvalue weighted by molar-refractivity contribution is 5.79. The second kappa shape index (κ2) is 8.13. The number of hydrogen-bond acceptors (Lipinski definition) is 3. The maximum Gasteiger partial charge on any atom is 0.119 e. The summed E-state index contributed by atoms with van der Waals surface area (Å²) in [6.45, 7) is 10.1. The van der Waals surface area contributed by atoms with E-state index in [0.717, 1.165) is 30.7 Å². The Morgan fingerprint density at radius 2 is 2.00 bits per heavy atom. The molecule has 0 spiro atoms. The summed E-state index contributed by atoms with van der Waals surface area (Å²) in [6, 6.07) is 8.47. The number of benzene rings is 1. The summed E-state index contributed by atoms with van der Waals surface area (Å²) in [7, 11) is 2.21. The minimum absolute atomic E-state index is 0.186. The highest BCUT2D eigenvalue weighted by Gasteiger charge is 2.42. The molecule has 1 heterocycles. The third-order valence-corrected chi connectivity index (χ3v) is 5.21. The molecule has 0 saturated carbocycles. The van der Waals surface area contributed by atoms with Gasteiger partial charge in [-0.15, -0.1) is 0 Å². The van der Waals surface area contributed by atoms with Crippen LogP contribution in [0.1, 0.15) is 46.1 Å². The fourth-order valence-corrected chi connectivity index (χ4v) is 3.46. The van der Waals surface area contributed by atoms with Gasteiger partial charge in [0.15, 0.2) is 0 Å². The van der Waals surface area contributed by atoms with Gasteiger partial charge in [0.25, 0.3) is 0 Å². The van der Waals surface area contributed by atoms with Crippen LogP contribution in [0.3, 0.4) is 0 Å². The quantitative estimate of drug-likeness (QED) is 0.782. The first-order valence-corrected chi connectivity index (χ1v) is 9.11. The molecule has 4 nitrogen and oxygen atoms in total. The Hall–Kier alpha value is -1.39. The summed E-state index contributed by atoms with van der Waals surface area (Å²) in [5, 5.41) is 10.9. The van der Waals surface area contributed by atoms with Gasteiger partial charge in [-0.1, -0.05) is 6.92 Å². The third kappa shape index (κ3) is 5.05. The lowest BCUT2D eigenvalue weighted by Gasteiger charge is -2.43. The molecule has 2 rings (SSSR count). The monoisotopic (exact) mass is 333 g/mol. The minimum Gasteiger partial charge on any atom is -0.491 e. The van der Waals surface area contributed by atoms with Crippen LogP contribution in [0.4, 0.5) is 0 Å². The van der Waals surface area contributed by atoms with E-state index in [2.05, 4.69) is 25.9 Å². The smallest absolute Gasteiger partial charge is 0.119 e. The predicted molar refractivity (Wildman–Crippen MR) is 99.2 cm³/mol. The van der Waals surface area contributed by atoms with Gasteiger partial charge in [0, 0.05) is 25.1 Å². The largest absolute Gasteiger partial charge is 0.491 e. The van der Waals surface area contributed by atoms with Crippen LogP contribution >= 0.6 is 0 Å². The Morgan fingerprint density at radius 3 is 2.62 bits per heavy atom. The van der Waals surface area contributed by atoms with E-state index in [-0.39, 0.29) is 6.10 Å². The highest BCUT2D eigenvalue weighted by Crippen LogP contribution is 2.28. The zero-order chi connectivity index (χ0) is 17.7. The number of rotatable bonds is 6. The minimum atomic E-state index is -0.578. The molecule has 0 radical (unpaired) electrons. The zero-order valence-corrected chi connectivity index (χ0v) is 15.7. The van der Waals surface area contributed by atoms with Crippen molar-refractivity contribution < 1.29 is 14.7 Å². The third-order valence-electron chi connectivity index (χ3n) is 5.21. The van der Waals surface area contributed by atoms with Crippen molar-refractivity contribution in [3.8, 4) is 5.75 Å². The van der Waals surface area contributed by atoms with Gasteiger partial charge in [-0.2, -0.15) is 0 Å². The standard InChI is InChI=1S/C20H32N2O2/c1-15(2)24-19-8-6-18(7-9-19)13-21-11-10-20(23)12-17(4)22(5)14-16(20)3/h6-9,13,15-17,23H,10-12,14H2,1-5H3/p+1/t16-,17+,20-/m1/s1. The van der Waals surface area contributed by atoms with E-state index in [1.54, 1.807) is 0 Å². The Bertz CT molecular complexity index is 541. The maximum atomic E-state index is 10.9. The molecule has 1 fully saturated rings. The van der Waals surface area contributed by atoms with Crippen LogP contribution in [-0.2, 0) is 0 Å². The predicted octanol–water partition coefficient (Wildman–Crippen LogP) is 1.96. The second-order valence-corrected chi connectivity index (χ2v) is 7.68. The van der Waals surface area contributed by atoms with E-state index in [9.17, 15) is 5.11 Å². The van der Waals surface area contributed by atoms with Crippen LogP contribution in [0.25, 0.3) is 0 Å². The summed E-state index contributed by atoms with van der Waals surface area (Å²) in [4.78, 5) is 6.03. The van der Waals surface area contributed by atoms with E-state index >= 15 is 0 Å². The molecule has 1 aliphatic rings. The van der Waals surface area contributed by atoms with E-state index in [1.165, 1.54) is 4.90 Å². The van der Waals surface area contributed by atoms with Crippen LogP contribution in [0, 0.1) is 5.92 Å². The average Bonchev–Trinajstić information content (AvgIpc) is 2.51. The van der Waals surface area contributed by atoms with Crippen LogP contribution in [0.2, 0.25) is 0 Å². The molecule has 134 valence electrons. The van der Waals surface area contributed by atoms with Gasteiger partial charge < -0.3 is 14.7 Å². The lowest BCUT2D eigenvalue weighted by Crippen LogP contribution is -3.15. The first kappa shape index (κ1) is 18.9. The Balaban J connectivity index is 1.85. The number of nitrogens with zero attached hydrogens (tertiary/aromatic N) is 1. The summed E-state index contributed by atoms with van der Waals surface area (Å²) in [6.07, 6.45) is 3.66. The molecule has 0 aliphatic carbocycles. The Kier molecular flexibility index (Phi) is 6.41. The number of hydrogen-bond donors (Lipinski definition) is 2. The molecule has 1 aliphatic heterocycles. The van der Waals surface area contributed by atoms with Crippen molar-refractivity contribution in [2.24, 2.45) is 10.9 Å². The fourth-order valence-electron chi connectivity index (χ4n) is 3.46. The van der Waals surface area contributed by atoms with Gasteiger partial charge in [0.2, 0.25) is 0 Å². The number of aliphatic hydroxyl groups is 1. The van der Waals surface area contributed by atoms with E-state index in [0.29, 0.717) is 18.5 Å². The lowest BCUT2D eigenvalue weighted by molar-refractivity contribution is -0.916. The molecule has 24 heavy (non-hydrogen) atoms. The van der Waals surface area contributed by atoms with Crippen molar-refractivity contribution in [3.63, 3.8) is 0 Å². The molecule has 1 aromatic carbocycles. The van der Waals surface area contributed by atoms with Crippen LogP contribution in [0.15, 0.2) is 29.3 Å². The van der Waals surface area contributed by atoms with Gasteiger partial charge in [-0.3, -0.25) is 4.99 Å². The van der Waals surface area contributed by atoms with E-state index in [4.69, 9.17) is 4.74 Å². The van der Waals surface area contributed by atoms with Gasteiger partial charge in [-0.05, 0) is 57.0 Å². The lowest BCUT2D eigenvalue weighted by atomic mass is 9.77.